The first kappa shape index (κ1) is 14.7. The lowest BCUT2D eigenvalue weighted by Gasteiger charge is -2.12. The zero-order valence-corrected chi connectivity index (χ0v) is 11.3. The fraction of sp³-hybridized carbons (Fsp3) is 0.143. The Hall–Kier alpha value is -2.70. The predicted molar refractivity (Wildman–Crippen MR) is 71.7 cm³/mol. The Morgan fingerprint density at radius 1 is 1.19 bits per heavy atom. The predicted octanol–water partition coefficient (Wildman–Crippen LogP) is 2.63. The van der Waals surface area contributed by atoms with Crippen molar-refractivity contribution in [2.75, 3.05) is 19.5 Å². The van der Waals surface area contributed by atoms with E-state index in [-0.39, 0.29) is 5.69 Å². The van der Waals surface area contributed by atoms with Gasteiger partial charge in [0.1, 0.15) is 11.5 Å². The third kappa shape index (κ3) is 3.07. The first-order chi connectivity index (χ1) is 10.1. The number of ether oxygens (including phenoxy) is 2. The number of methoxy groups -OCH3 is 2. The maximum Gasteiger partial charge on any atom is 0.258 e. The molecule has 2 aromatic rings. The van der Waals surface area contributed by atoms with Crippen LogP contribution < -0.4 is 14.8 Å². The molecule has 0 bridgehead atoms. The van der Waals surface area contributed by atoms with Gasteiger partial charge < -0.3 is 14.8 Å². The van der Waals surface area contributed by atoms with Gasteiger partial charge in [0.2, 0.25) is 5.95 Å². The Balaban J connectivity index is 2.33. The normalized spacial score (nSPS) is 10.1. The smallest absolute Gasteiger partial charge is 0.258 e. The Morgan fingerprint density at radius 2 is 1.95 bits per heavy atom. The molecule has 5 nitrogen and oxygen atoms in total. The molecule has 1 heterocycles. The number of anilines is 1. The number of pyridine rings is 1. The van der Waals surface area contributed by atoms with Crippen molar-refractivity contribution in [2.24, 2.45) is 0 Å². The van der Waals surface area contributed by atoms with Crippen molar-refractivity contribution in [1.82, 2.24) is 4.98 Å². The number of hydrogen-bond acceptors (Lipinski definition) is 4. The Bertz CT molecular complexity index is 677. The summed E-state index contributed by atoms with van der Waals surface area (Å²) in [6, 6.07) is 5.81. The number of nitrogens with one attached hydrogen (secondary N) is 1. The highest BCUT2D eigenvalue weighted by Gasteiger charge is 2.17. The van der Waals surface area contributed by atoms with Crippen molar-refractivity contribution in [2.45, 2.75) is 0 Å². The summed E-state index contributed by atoms with van der Waals surface area (Å²) in [6.07, 6.45) is 1.01. The molecule has 0 saturated heterocycles. The Kier molecular flexibility index (Phi) is 4.32. The molecule has 0 saturated carbocycles. The van der Waals surface area contributed by atoms with E-state index in [2.05, 4.69) is 10.3 Å². The molecule has 0 atom stereocenters. The summed E-state index contributed by atoms with van der Waals surface area (Å²) in [5, 5.41) is 2.44. The van der Waals surface area contributed by atoms with Crippen LogP contribution in [0.2, 0.25) is 0 Å². The molecule has 0 spiro atoms. The van der Waals surface area contributed by atoms with Gasteiger partial charge in [0.25, 0.3) is 5.91 Å². The summed E-state index contributed by atoms with van der Waals surface area (Å²) in [5.74, 6) is -2.62. The van der Waals surface area contributed by atoms with E-state index in [0.717, 1.165) is 12.3 Å². The second kappa shape index (κ2) is 6.17. The number of rotatable bonds is 4. The fourth-order valence-electron chi connectivity index (χ4n) is 1.69. The summed E-state index contributed by atoms with van der Waals surface area (Å²) in [5.41, 5.74) is -0.175. The first-order valence-electron chi connectivity index (χ1n) is 5.90. The maximum absolute atomic E-state index is 13.5. The number of amides is 1. The summed E-state index contributed by atoms with van der Waals surface area (Å²) >= 11 is 0. The topological polar surface area (TPSA) is 60.5 Å². The molecule has 21 heavy (non-hydrogen) atoms. The van der Waals surface area contributed by atoms with Crippen LogP contribution in [0.25, 0.3) is 0 Å². The highest BCUT2D eigenvalue weighted by atomic mass is 19.2. The van der Waals surface area contributed by atoms with E-state index in [0.29, 0.717) is 11.5 Å². The standard InChI is InChI=1S/C14H12F2N2O3/c1-20-8-3-4-11(21-2)10(7-8)18-14(19)9-5-6-17-13(16)12(9)15/h3-7H,1-2H3,(H,18,19). The minimum absolute atomic E-state index is 0.276. The summed E-state index contributed by atoms with van der Waals surface area (Å²) in [7, 11) is 2.88. The third-order valence-corrected chi connectivity index (χ3v) is 2.75. The highest BCUT2D eigenvalue weighted by molar-refractivity contribution is 6.05. The van der Waals surface area contributed by atoms with Gasteiger partial charge in [0.15, 0.2) is 5.82 Å². The zero-order valence-electron chi connectivity index (χ0n) is 11.3. The number of nitrogens with zero attached hydrogens (tertiary/aromatic N) is 1. The van der Waals surface area contributed by atoms with Crippen molar-refractivity contribution in [3.05, 3.63) is 47.8 Å². The van der Waals surface area contributed by atoms with Crippen molar-refractivity contribution in [1.29, 1.82) is 0 Å². The molecule has 1 aromatic carbocycles. The van der Waals surface area contributed by atoms with E-state index in [4.69, 9.17) is 9.47 Å². The van der Waals surface area contributed by atoms with Gasteiger partial charge in [0.05, 0.1) is 25.5 Å². The second-order valence-electron chi connectivity index (χ2n) is 3.98. The van der Waals surface area contributed by atoms with Crippen LogP contribution >= 0.6 is 0 Å². The van der Waals surface area contributed by atoms with Crippen LogP contribution in [0.3, 0.4) is 0 Å². The van der Waals surface area contributed by atoms with E-state index in [1.54, 1.807) is 12.1 Å². The molecule has 0 fully saturated rings. The van der Waals surface area contributed by atoms with Gasteiger partial charge in [-0.25, -0.2) is 9.37 Å². The van der Waals surface area contributed by atoms with Gasteiger partial charge in [-0.1, -0.05) is 0 Å². The van der Waals surface area contributed by atoms with E-state index in [1.165, 1.54) is 20.3 Å². The first-order valence-corrected chi connectivity index (χ1v) is 5.90. The lowest BCUT2D eigenvalue weighted by Crippen LogP contribution is -2.15. The van der Waals surface area contributed by atoms with Gasteiger partial charge in [0, 0.05) is 12.3 Å². The highest BCUT2D eigenvalue weighted by Crippen LogP contribution is 2.29. The molecule has 0 aliphatic carbocycles. The SMILES string of the molecule is COc1ccc(OC)c(NC(=O)c2ccnc(F)c2F)c1. The van der Waals surface area contributed by atoms with Gasteiger partial charge >= 0.3 is 0 Å². The van der Waals surface area contributed by atoms with Crippen LogP contribution in [0.5, 0.6) is 11.5 Å². The number of carbonyl (C=O) groups is 1. The van der Waals surface area contributed by atoms with Crippen LogP contribution in [0.4, 0.5) is 14.5 Å². The molecule has 1 amide bonds. The molecule has 7 heteroatoms. The summed E-state index contributed by atoms with van der Waals surface area (Å²) in [6.45, 7) is 0. The van der Waals surface area contributed by atoms with Crippen LogP contribution in [-0.2, 0) is 0 Å². The van der Waals surface area contributed by atoms with E-state index in [1.807, 2.05) is 0 Å². The monoisotopic (exact) mass is 294 g/mol. The average molecular weight is 294 g/mol. The lowest BCUT2D eigenvalue weighted by molar-refractivity contribution is 0.102. The van der Waals surface area contributed by atoms with Crippen molar-refractivity contribution in [3.63, 3.8) is 0 Å². The van der Waals surface area contributed by atoms with Gasteiger partial charge in [-0.2, -0.15) is 4.39 Å². The van der Waals surface area contributed by atoms with Gasteiger partial charge in [-0.3, -0.25) is 4.79 Å². The Morgan fingerprint density at radius 3 is 2.62 bits per heavy atom. The molecule has 1 N–H and O–H groups in total. The van der Waals surface area contributed by atoms with Crippen LogP contribution in [0.1, 0.15) is 10.4 Å². The zero-order chi connectivity index (χ0) is 15.4. The van der Waals surface area contributed by atoms with E-state index < -0.39 is 23.2 Å². The van der Waals surface area contributed by atoms with E-state index in [9.17, 15) is 13.6 Å². The molecule has 110 valence electrons. The third-order valence-electron chi connectivity index (χ3n) is 2.75. The molecule has 0 aliphatic rings. The maximum atomic E-state index is 13.5. The molecular formula is C14H12F2N2O3. The molecule has 0 unspecified atom stereocenters. The minimum Gasteiger partial charge on any atom is -0.497 e. The molecule has 0 radical (unpaired) electrons. The van der Waals surface area contributed by atoms with Crippen molar-refractivity contribution >= 4 is 11.6 Å². The number of aromatic nitrogens is 1. The molecule has 1 aromatic heterocycles. The summed E-state index contributed by atoms with van der Waals surface area (Å²) < 4.78 is 36.7. The van der Waals surface area contributed by atoms with Crippen molar-refractivity contribution in [3.8, 4) is 11.5 Å². The van der Waals surface area contributed by atoms with Gasteiger partial charge in [-0.05, 0) is 18.2 Å². The molecule has 0 aliphatic heterocycles. The largest absolute Gasteiger partial charge is 0.497 e. The van der Waals surface area contributed by atoms with Crippen LogP contribution in [0, 0.1) is 11.8 Å². The second-order valence-corrected chi connectivity index (χ2v) is 3.98. The summed E-state index contributed by atoms with van der Waals surface area (Å²) in [4.78, 5) is 15.1. The minimum atomic E-state index is -1.33. The lowest BCUT2D eigenvalue weighted by atomic mass is 10.2. The number of carbonyl (C=O) groups excluding carboxylic acids is 1. The number of benzene rings is 1. The van der Waals surface area contributed by atoms with E-state index >= 15 is 0 Å². The quantitative estimate of drug-likeness (QED) is 0.881. The number of halogens is 2. The van der Waals surface area contributed by atoms with Gasteiger partial charge in [-0.15, -0.1) is 0 Å². The Labute approximate surface area is 119 Å². The molecular weight excluding hydrogens is 282 g/mol. The van der Waals surface area contributed by atoms with Crippen molar-refractivity contribution < 1.29 is 23.0 Å². The fourth-order valence-corrected chi connectivity index (χ4v) is 1.69. The molecule has 2 rings (SSSR count). The van der Waals surface area contributed by atoms with Crippen LogP contribution in [0.15, 0.2) is 30.5 Å². The number of hydrogen-bond donors (Lipinski definition) is 1. The van der Waals surface area contributed by atoms with Crippen LogP contribution in [-0.4, -0.2) is 25.1 Å². The average Bonchev–Trinajstić information content (AvgIpc) is 2.49.